The molecule has 6 bridgehead atoms. The van der Waals surface area contributed by atoms with Crippen LogP contribution in [0.25, 0.3) is 0 Å². The molecule has 4 rings (SSSR count). The fraction of sp³-hybridized carbons (Fsp3) is 0.333. The van der Waals surface area contributed by atoms with Gasteiger partial charge in [-0.25, -0.2) is 4.98 Å². The highest BCUT2D eigenvalue weighted by atomic mass is 35.5. The molecule has 5 nitrogen and oxygen atoms in total. The topological polar surface area (TPSA) is 59.1 Å². The van der Waals surface area contributed by atoms with Gasteiger partial charge in [0.15, 0.2) is 5.82 Å². The van der Waals surface area contributed by atoms with Crippen LogP contribution in [0.5, 0.6) is 5.75 Å². The fourth-order valence-electron chi connectivity index (χ4n) is 3.38. The summed E-state index contributed by atoms with van der Waals surface area (Å²) in [5, 5.41) is 7.17. The number of nitrogens with zero attached hydrogens (tertiary/aromatic N) is 2. The Hall–Kier alpha value is -2.53. The van der Waals surface area contributed by atoms with Crippen LogP contribution >= 0.6 is 11.6 Å². The molecule has 140 valence electrons. The zero-order chi connectivity index (χ0) is 18.5. The van der Waals surface area contributed by atoms with Crippen molar-refractivity contribution in [1.82, 2.24) is 9.97 Å². The highest BCUT2D eigenvalue weighted by molar-refractivity contribution is 6.32. The van der Waals surface area contributed by atoms with E-state index >= 15 is 0 Å². The highest BCUT2D eigenvalue weighted by Gasteiger charge is 2.14. The number of halogens is 1. The average molecular weight is 383 g/mol. The van der Waals surface area contributed by atoms with Gasteiger partial charge in [-0.2, -0.15) is 4.98 Å². The molecular formula is C21H23ClN4O. The van der Waals surface area contributed by atoms with E-state index in [0.29, 0.717) is 22.7 Å². The van der Waals surface area contributed by atoms with E-state index in [4.69, 9.17) is 16.3 Å². The van der Waals surface area contributed by atoms with Gasteiger partial charge in [0, 0.05) is 12.2 Å². The lowest BCUT2D eigenvalue weighted by atomic mass is 9.94. The number of nitrogens with one attached hydrogen (secondary N) is 2. The lowest BCUT2D eigenvalue weighted by Gasteiger charge is -2.19. The average Bonchev–Trinajstić information content (AvgIpc) is 2.68. The smallest absolute Gasteiger partial charge is 0.228 e. The molecule has 0 fully saturated rings. The maximum absolute atomic E-state index is 6.26. The largest absolute Gasteiger partial charge is 0.494 e. The predicted molar refractivity (Wildman–Crippen MR) is 109 cm³/mol. The number of anilines is 2. The van der Waals surface area contributed by atoms with Gasteiger partial charge in [0.05, 0.1) is 12.8 Å². The van der Waals surface area contributed by atoms with E-state index in [0.717, 1.165) is 50.3 Å². The van der Waals surface area contributed by atoms with Gasteiger partial charge in [-0.3, -0.25) is 0 Å². The van der Waals surface area contributed by atoms with Gasteiger partial charge in [-0.05, 0) is 55.4 Å². The molecule has 27 heavy (non-hydrogen) atoms. The Labute approximate surface area is 164 Å². The van der Waals surface area contributed by atoms with Gasteiger partial charge in [0.25, 0.3) is 0 Å². The lowest BCUT2D eigenvalue weighted by Crippen LogP contribution is -2.12. The Morgan fingerprint density at radius 1 is 1.26 bits per heavy atom. The number of aromatic nitrogens is 2. The zero-order valence-corrected chi connectivity index (χ0v) is 15.9. The van der Waals surface area contributed by atoms with Crippen molar-refractivity contribution in [3.05, 3.63) is 65.0 Å². The van der Waals surface area contributed by atoms with Gasteiger partial charge in [-0.15, -0.1) is 0 Å². The summed E-state index contributed by atoms with van der Waals surface area (Å²) in [7, 11) is 0. The van der Waals surface area contributed by atoms with Crippen molar-refractivity contribution in [2.24, 2.45) is 5.92 Å². The van der Waals surface area contributed by atoms with Crippen molar-refractivity contribution in [3.63, 3.8) is 0 Å². The van der Waals surface area contributed by atoms with Crippen LogP contribution in [0.4, 0.5) is 11.8 Å². The second-order valence-electron chi connectivity index (χ2n) is 6.87. The molecule has 0 radical (unpaired) electrons. The first-order valence-corrected chi connectivity index (χ1v) is 9.76. The number of hydrogen-bond donors (Lipinski definition) is 2. The second kappa shape index (κ2) is 8.44. The van der Waals surface area contributed by atoms with Gasteiger partial charge < -0.3 is 15.4 Å². The molecule has 2 N–H and O–H groups in total. The Bertz CT molecular complexity index is 865. The molecule has 0 saturated heterocycles. The summed E-state index contributed by atoms with van der Waals surface area (Å²) in [4.78, 5) is 8.86. The van der Waals surface area contributed by atoms with Crippen molar-refractivity contribution >= 4 is 23.4 Å². The molecule has 2 aliphatic rings. The summed E-state index contributed by atoms with van der Waals surface area (Å²) in [5.74, 6) is 2.64. The van der Waals surface area contributed by atoms with Crippen molar-refractivity contribution < 1.29 is 4.74 Å². The number of allylic oxidation sites excluding steroid dienone is 4. The molecule has 6 heteroatoms. The Kier molecular flexibility index (Phi) is 5.58. The first-order valence-electron chi connectivity index (χ1n) is 9.39. The summed E-state index contributed by atoms with van der Waals surface area (Å²) < 4.78 is 5.95. The molecule has 1 unspecified atom stereocenters. The van der Waals surface area contributed by atoms with Crippen LogP contribution in [0.15, 0.2) is 54.4 Å². The lowest BCUT2D eigenvalue weighted by molar-refractivity contribution is 0.298. The van der Waals surface area contributed by atoms with Crippen LogP contribution in [0.1, 0.15) is 24.8 Å². The SMILES string of the molecule is Clc1cnc2nc1NCCc1cccc(c1)OCCCC1C=CC=C(C1)N2. The maximum atomic E-state index is 6.26. The van der Waals surface area contributed by atoms with Gasteiger partial charge in [0.2, 0.25) is 5.95 Å². The minimum Gasteiger partial charge on any atom is -0.494 e. The predicted octanol–water partition coefficient (Wildman–Crippen LogP) is 4.83. The van der Waals surface area contributed by atoms with E-state index in [1.165, 1.54) is 5.56 Å². The van der Waals surface area contributed by atoms with Crippen LogP contribution in [-0.2, 0) is 6.42 Å². The van der Waals surface area contributed by atoms with Crippen LogP contribution in [-0.4, -0.2) is 23.1 Å². The van der Waals surface area contributed by atoms with E-state index in [1.54, 1.807) is 6.20 Å². The normalized spacial score (nSPS) is 19.7. The van der Waals surface area contributed by atoms with Crippen molar-refractivity contribution in [1.29, 1.82) is 0 Å². The molecular weight excluding hydrogens is 360 g/mol. The van der Waals surface area contributed by atoms with Crippen LogP contribution < -0.4 is 15.4 Å². The molecule has 1 aromatic heterocycles. The third-order valence-corrected chi connectivity index (χ3v) is 5.05. The van der Waals surface area contributed by atoms with E-state index in [1.807, 2.05) is 12.1 Å². The van der Waals surface area contributed by atoms with E-state index in [2.05, 4.69) is 51.0 Å². The highest BCUT2D eigenvalue weighted by Crippen LogP contribution is 2.26. The number of benzene rings is 1. The Morgan fingerprint density at radius 2 is 2.22 bits per heavy atom. The maximum Gasteiger partial charge on any atom is 0.228 e. The molecule has 0 saturated carbocycles. The molecule has 1 atom stereocenters. The number of ether oxygens (including phenoxy) is 1. The summed E-state index contributed by atoms with van der Waals surface area (Å²) in [6.45, 7) is 1.46. The van der Waals surface area contributed by atoms with E-state index in [-0.39, 0.29) is 0 Å². The van der Waals surface area contributed by atoms with Gasteiger partial charge in [-0.1, -0.05) is 35.9 Å². The minimum absolute atomic E-state index is 0.494. The second-order valence-corrected chi connectivity index (χ2v) is 7.28. The third kappa shape index (κ3) is 4.80. The number of fused-ring (bicyclic) bond motifs is 6. The standard InChI is InChI=1S/C21H23ClN4O/c22-19-14-24-21-25-17-7-1-4-15(12-17)6-3-11-27-18-8-2-5-16(13-18)9-10-23-20(19)26-21/h1-2,4-5,7-8,13-15H,3,6,9-12H2,(H2,23,24,25,26). The van der Waals surface area contributed by atoms with Crippen LogP contribution in [0.3, 0.4) is 0 Å². The summed E-state index contributed by atoms with van der Waals surface area (Å²) in [5.41, 5.74) is 2.34. The quantitative estimate of drug-likeness (QED) is 0.683. The van der Waals surface area contributed by atoms with Crippen molar-refractivity contribution in [2.75, 3.05) is 23.8 Å². The zero-order valence-electron chi connectivity index (χ0n) is 15.1. The third-order valence-electron chi connectivity index (χ3n) is 4.77. The van der Waals surface area contributed by atoms with Crippen LogP contribution in [0, 0.1) is 5.92 Å². The summed E-state index contributed by atoms with van der Waals surface area (Å²) in [6, 6.07) is 8.27. The first-order chi connectivity index (χ1) is 13.3. The van der Waals surface area contributed by atoms with Gasteiger partial charge >= 0.3 is 0 Å². The molecule has 0 spiro atoms. The van der Waals surface area contributed by atoms with E-state index in [9.17, 15) is 0 Å². The fourth-order valence-corrected chi connectivity index (χ4v) is 3.54. The number of rotatable bonds is 0. The summed E-state index contributed by atoms with van der Waals surface area (Å²) >= 11 is 6.26. The minimum atomic E-state index is 0.494. The van der Waals surface area contributed by atoms with E-state index < -0.39 is 0 Å². The summed E-state index contributed by atoms with van der Waals surface area (Å²) in [6.07, 6.45) is 12.0. The van der Waals surface area contributed by atoms with Gasteiger partial charge in [0.1, 0.15) is 10.8 Å². The molecule has 2 heterocycles. The first kappa shape index (κ1) is 17.9. The molecule has 1 aromatic carbocycles. The Balaban J connectivity index is 1.56. The van der Waals surface area contributed by atoms with Crippen molar-refractivity contribution in [2.45, 2.75) is 25.7 Å². The number of hydrogen-bond acceptors (Lipinski definition) is 5. The molecule has 1 aliphatic carbocycles. The molecule has 0 amide bonds. The Morgan fingerprint density at radius 3 is 3.19 bits per heavy atom. The van der Waals surface area contributed by atoms with Crippen LogP contribution in [0.2, 0.25) is 5.02 Å². The van der Waals surface area contributed by atoms with Crippen molar-refractivity contribution in [3.8, 4) is 5.75 Å². The monoisotopic (exact) mass is 382 g/mol. The molecule has 1 aliphatic heterocycles. The molecule has 2 aromatic rings.